The largest absolute Gasteiger partial charge is 0.490 e. The van der Waals surface area contributed by atoms with E-state index in [1.54, 1.807) is 6.07 Å². The molecule has 0 atom stereocenters. The zero-order chi connectivity index (χ0) is 22.3. The van der Waals surface area contributed by atoms with Crippen molar-refractivity contribution in [1.29, 1.82) is 0 Å². The smallest absolute Gasteiger partial charge is 0.294 e. The Morgan fingerprint density at radius 1 is 1.06 bits per heavy atom. The minimum absolute atomic E-state index is 0.203. The van der Waals surface area contributed by atoms with Crippen molar-refractivity contribution in [1.82, 2.24) is 5.43 Å². The summed E-state index contributed by atoms with van der Waals surface area (Å²) in [5.74, 6) is 0.872. The first-order valence-electron chi connectivity index (χ1n) is 10.7. The number of carbonyl (C=O) groups is 1. The number of nitrogens with one attached hydrogen (secondary N) is 2. The lowest BCUT2D eigenvalue weighted by atomic mass is 10.1. The number of rotatable bonds is 8. The third-order valence-electron chi connectivity index (χ3n) is 5.07. The SMILES string of the molecule is CCOc1ccc(C2=NNC(=O)/C2=N/Nc2ccc(N3CCOCC3)cc2)cc1OCC. The number of hydrazone groups is 2. The molecule has 9 heteroatoms. The molecule has 0 radical (unpaired) electrons. The average molecular weight is 438 g/mol. The second-order valence-corrected chi connectivity index (χ2v) is 7.15. The van der Waals surface area contributed by atoms with E-state index in [1.165, 1.54) is 0 Å². The number of hydrogen-bond acceptors (Lipinski definition) is 8. The molecule has 2 aliphatic heterocycles. The topological polar surface area (TPSA) is 96.8 Å². The van der Waals surface area contributed by atoms with Crippen LogP contribution in [0, 0.1) is 0 Å². The number of anilines is 2. The van der Waals surface area contributed by atoms with E-state index in [-0.39, 0.29) is 11.6 Å². The van der Waals surface area contributed by atoms with E-state index < -0.39 is 0 Å². The van der Waals surface area contributed by atoms with Gasteiger partial charge in [0, 0.05) is 24.3 Å². The van der Waals surface area contributed by atoms with Gasteiger partial charge in [-0.05, 0) is 56.3 Å². The lowest BCUT2D eigenvalue weighted by molar-refractivity contribution is -0.114. The lowest BCUT2D eigenvalue weighted by Crippen LogP contribution is -2.36. The van der Waals surface area contributed by atoms with E-state index in [0.29, 0.717) is 36.0 Å². The van der Waals surface area contributed by atoms with Crippen molar-refractivity contribution < 1.29 is 19.0 Å². The normalized spacial score (nSPS) is 17.2. The van der Waals surface area contributed by atoms with Crippen LogP contribution in [0.1, 0.15) is 19.4 Å². The molecule has 4 rings (SSSR count). The van der Waals surface area contributed by atoms with Crippen LogP contribution in [0.3, 0.4) is 0 Å². The van der Waals surface area contributed by atoms with E-state index in [4.69, 9.17) is 14.2 Å². The van der Waals surface area contributed by atoms with Gasteiger partial charge in [-0.25, -0.2) is 5.43 Å². The Morgan fingerprint density at radius 2 is 1.78 bits per heavy atom. The van der Waals surface area contributed by atoms with Crippen LogP contribution in [0.15, 0.2) is 52.7 Å². The molecule has 32 heavy (non-hydrogen) atoms. The summed E-state index contributed by atoms with van der Waals surface area (Å²) in [6.07, 6.45) is 0. The molecule has 1 fully saturated rings. The Morgan fingerprint density at radius 3 is 2.50 bits per heavy atom. The lowest BCUT2D eigenvalue weighted by Gasteiger charge is -2.28. The van der Waals surface area contributed by atoms with Crippen LogP contribution >= 0.6 is 0 Å². The van der Waals surface area contributed by atoms with Gasteiger partial charge in [0.25, 0.3) is 5.91 Å². The van der Waals surface area contributed by atoms with Crippen LogP contribution in [0.2, 0.25) is 0 Å². The predicted octanol–water partition coefficient (Wildman–Crippen LogP) is 2.62. The van der Waals surface area contributed by atoms with Crippen LogP contribution in [0.5, 0.6) is 11.5 Å². The maximum absolute atomic E-state index is 12.3. The summed E-state index contributed by atoms with van der Waals surface area (Å²) < 4.78 is 16.7. The molecule has 168 valence electrons. The number of morpholine rings is 1. The van der Waals surface area contributed by atoms with E-state index in [0.717, 1.165) is 37.7 Å². The molecular weight excluding hydrogens is 410 g/mol. The molecule has 2 aromatic carbocycles. The third kappa shape index (κ3) is 4.83. The standard InChI is InChI=1S/C23H27N5O4/c1-3-31-19-10-5-16(15-20(19)32-4-2)21-22(23(29)27-25-21)26-24-17-6-8-18(9-7-17)28-11-13-30-14-12-28/h5-10,15,24H,3-4,11-14H2,1-2H3,(H,26,27,29). The monoisotopic (exact) mass is 437 g/mol. The van der Waals surface area contributed by atoms with E-state index in [2.05, 4.69) is 26.0 Å². The van der Waals surface area contributed by atoms with Gasteiger partial charge in [-0.1, -0.05) is 0 Å². The highest BCUT2D eigenvalue weighted by Crippen LogP contribution is 2.29. The fourth-order valence-electron chi connectivity index (χ4n) is 3.51. The highest BCUT2D eigenvalue weighted by Gasteiger charge is 2.27. The predicted molar refractivity (Wildman–Crippen MR) is 124 cm³/mol. The first-order valence-corrected chi connectivity index (χ1v) is 10.7. The molecule has 2 N–H and O–H groups in total. The van der Waals surface area contributed by atoms with Crippen LogP contribution < -0.4 is 25.2 Å². The van der Waals surface area contributed by atoms with Crippen LogP contribution in [0.4, 0.5) is 11.4 Å². The van der Waals surface area contributed by atoms with Crippen molar-refractivity contribution in [3.63, 3.8) is 0 Å². The zero-order valence-electron chi connectivity index (χ0n) is 18.3. The minimum atomic E-state index is -0.371. The number of nitrogens with zero attached hydrogens (tertiary/aromatic N) is 3. The van der Waals surface area contributed by atoms with Gasteiger partial charge >= 0.3 is 0 Å². The van der Waals surface area contributed by atoms with Crippen LogP contribution in [0.25, 0.3) is 0 Å². The molecule has 0 bridgehead atoms. The summed E-state index contributed by atoms with van der Waals surface area (Å²) >= 11 is 0. The molecular formula is C23H27N5O4. The Kier molecular flexibility index (Phi) is 6.86. The molecule has 1 saturated heterocycles. The molecule has 0 aromatic heterocycles. The average Bonchev–Trinajstić information content (AvgIpc) is 3.20. The molecule has 2 heterocycles. The van der Waals surface area contributed by atoms with Gasteiger partial charge in [-0.3, -0.25) is 10.2 Å². The number of carbonyl (C=O) groups excluding carboxylic acids is 1. The van der Waals surface area contributed by atoms with Gasteiger partial charge in [-0.15, -0.1) is 0 Å². The highest BCUT2D eigenvalue weighted by molar-refractivity contribution is 6.72. The maximum atomic E-state index is 12.3. The molecule has 0 spiro atoms. The van der Waals surface area contributed by atoms with Crippen molar-refractivity contribution in [2.75, 3.05) is 49.8 Å². The Bertz CT molecular complexity index is 1010. The molecule has 0 saturated carbocycles. The van der Waals surface area contributed by atoms with Gasteiger partial charge in [0.1, 0.15) is 5.71 Å². The summed E-state index contributed by atoms with van der Waals surface area (Å²) in [5, 5.41) is 8.49. The fraction of sp³-hybridized carbons (Fsp3) is 0.348. The summed E-state index contributed by atoms with van der Waals surface area (Å²) in [5.41, 5.74) is 8.70. The number of ether oxygens (including phenoxy) is 3. The van der Waals surface area contributed by atoms with Gasteiger partial charge < -0.3 is 19.1 Å². The molecule has 2 aromatic rings. The van der Waals surface area contributed by atoms with Crippen LogP contribution in [-0.2, 0) is 9.53 Å². The molecule has 2 aliphatic rings. The fourth-order valence-corrected chi connectivity index (χ4v) is 3.51. The Hall–Kier alpha value is -3.59. The van der Waals surface area contributed by atoms with Crippen molar-refractivity contribution in [3.05, 3.63) is 48.0 Å². The number of amides is 1. The van der Waals surface area contributed by atoms with Gasteiger partial charge in [-0.2, -0.15) is 10.2 Å². The number of hydrogen-bond donors (Lipinski definition) is 2. The minimum Gasteiger partial charge on any atom is -0.490 e. The van der Waals surface area contributed by atoms with Crippen molar-refractivity contribution >= 4 is 28.7 Å². The molecule has 9 nitrogen and oxygen atoms in total. The number of benzene rings is 2. The van der Waals surface area contributed by atoms with Gasteiger partial charge in [0.15, 0.2) is 17.2 Å². The maximum Gasteiger partial charge on any atom is 0.294 e. The highest BCUT2D eigenvalue weighted by atomic mass is 16.5. The summed E-state index contributed by atoms with van der Waals surface area (Å²) in [7, 11) is 0. The first-order chi connectivity index (χ1) is 15.7. The second kappa shape index (κ2) is 10.1. The zero-order valence-corrected chi connectivity index (χ0v) is 18.3. The molecule has 0 aliphatic carbocycles. The summed E-state index contributed by atoms with van der Waals surface area (Å²) in [6, 6.07) is 13.4. The molecule has 1 amide bonds. The van der Waals surface area contributed by atoms with Crippen molar-refractivity contribution in [2.24, 2.45) is 10.2 Å². The van der Waals surface area contributed by atoms with E-state index in [1.807, 2.05) is 50.2 Å². The quantitative estimate of drug-likeness (QED) is 0.617. The van der Waals surface area contributed by atoms with E-state index in [9.17, 15) is 4.79 Å². The second-order valence-electron chi connectivity index (χ2n) is 7.15. The van der Waals surface area contributed by atoms with E-state index >= 15 is 0 Å². The summed E-state index contributed by atoms with van der Waals surface area (Å²) in [4.78, 5) is 14.6. The van der Waals surface area contributed by atoms with Crippen molar-refractivity contribution in [2.45, 2.75) is 13.8 Å². The van der Waals surface area contributed by atoms with Gasteiger partial charge in [0.05, 0.1) is 32.1 Å². The Balaban J connectivity index is 1.51. The van der Waals surface area contributed by atoms with Gasteiger partial charge in [0.2, 0.25) is 0 Å². The molecule has 0 unspecified atom stereocenters. The Labute approximate surface area is 187 Å². The third-order valence-corrected chi connectivity index (χ3v) is 5.07. The summed E-state index contributed by atoms with van der Waals surface area (Å²) in [6.45, 7) is 8.07. The first kappa shape index (κ1) is 21.6. The van der Waals surface area contributed by atoms with Crippen LogP contribution in [-0.4, -0.2) is 56.8 Å². The van der Waals surface area contributed by atoms with Crippen molar-refractivity contribution in [3.8, 4) is 11.5 Å².